The molecule has 2 aliphatic heterocycles. The Balaban J connectivity index is 1.12. The highest BCUT2D eigenvalue weighted by Crippen LogP contribution is 2.56. The van der Waals surface area contributed by atoms with Crippen molar-refractivity contribution in [3.05, 3.63) is 133 Å². The van der Waals surface area contributed by atoms with E-state index in [4.69, 9.17) is 19.1 Å². The molecule has 62 heavy (non-hydrogen) atoms. The van der Waals surface area contributed by atoms with E-state index in [1.165, 1.54) is 33.2 Å². The van der Waals surface area contributed by atoms with Gasteiger partial charge in [-0.2, -0.15) is 5.10 Å². The fourth-order valence-electron chi connectivity index (χ4n) is 9.69. The summed E-state index contributed by atoms with van der Waals surface area (Å²) in [6.45, 7) is 9.03. The summed E-state index contributed by atoms with van der Waals surface area (Å²) >= 11 is 0. The molecule has 1 saturated carbocycles. The summed E-state index contributed by atoms with van der Waals surface area (Å²) in [6, 6.07) is 14.1. The highest BCUT2D eigenvalue weighted by molar-refractivity contribution is 7.91. The second-order valence-electron chi connectivity index (χ2n) is 17.0. The second-order valence-corrected chi connectivity index (χ2v) is 19.1. The third kappa shape index (κ3) is 6.20. The fourth-order valence-corrected chi connectivity index (χ4v) is 10.3. The molecule has 1 saturated heterocycles. The SMILES string of the molecule is Cc1cc(-n2nc3c(c2-n2ccn(-c4ccc([S@@](C)(=N)=O)nc4)c2=O)[C@H](C)N(C(=O)c2cc4cc(C5CCOCC5)ccc4n2[C@@]2(c4noc(=O)[nH]4)C[C@@H]2C)CC3)cc(C)c1F. The van der Waals surface area contributed by atoms with Crippen LogP contribution in [0.4, 0.5) is 4.39 Å². The van der Waals surface area contributed by atoms with Gasteiger partial charge in [-0.1, -0.05) is 18.1 Å². The minimum absolute atomic E-state index is 0.0127. The number of aromatic nitrogens is 8. The molecule has 2 fully saturated rings. The Hall–Kier alpha value is -6.40. The van der Waals surface area contributed by atoms with E-state index in [1.54, 1.807) is 54.0 Å². The smallest absolute Gasteiger partial charge is 0.381 e. The van der Waals surface area contributed by atoms with Crippen molar-refractivity contribution in [2.75, 3.05) is 26.0 Å². The van der Waals surface area contributed by atoms with Crippen LogP contribution in [-0.2, 0) is 26.4 Å². The second kappa shape index (κ2) is 14.3. The van der Waals surface area contributed by atoms with Crippen LogP contribution in [0, 0.1) is 30.4 Å². The van der Waals surface area contributed by atoms with Gasteiger partial charge in [-0.25, -0.2) is 32.6 Å². The molecule has 0 radical (unpaired) electrons. The van der Waals surface area contributed by atoms with Gasteiger partial charge in [0.2, 0.25) is 0 Å². The molecule has 7 aromatic rings. The fraction of sp³-hybridized carbons (Fsp3) is 0.364. The van der Waals surface area contributed by atoms with E-state index in [-0.39, 0.29) is 22.7 Å². The van der Waals surface area contributed by atoms with Crippen LogP contribution in [0.2, 0.25) is 0 Å². The number of halogens is 1. The highest BCUT2D eigenvalue weighted by Gasteiger charge is 2.59. The Morgan fingerprint density at radius 1 is 1.00 bits per heavy atom. The van der Waals surface area contributed by atoms with Gasteiger partial charge in [0.05, 0.1) is 39.0 Å². The lowest BCUT2D eigenvalue weighted by molar-refractivity contribution is 0.0663. The zero-order chi connectivity index (χ0) is 43.4. The Morgan fingerprint density at radius 2 is 1.73 bits per heavy atom. The minimum Gasteiger partial charge on any atom is -0.381 e. The van der Waals surface area contributed by atoms with Gasteiger partial charge in [0, 0.05) is 61.3 Å². The van der Waals surface area contributed by atoms with Crippen molar-refractivity contribution in [3.8, 4) is 17.2 Å². The number of nitrogens with one attached hydrogen (secondary N) is 2. The molecule has 1 aliphatic carbocycles. The molecule has 18 heteroatoms. The first-order valence-electron chi connectivity index (χ1n) is 20.7. The molecule has 2 aromatic carbocycles. The molecular formula is C44H45FN10O6S. The van der Waals surface area contributed by atoms with Gasteiger partial charge in [0.1, 0.15) is 27.9 Å². The van der Waals surface area contributed by atoms with Crippen LogP contribution in [0.15, 0.2) is 86.3 Å². The summed E-state index contributed by atoms with van der Waals surface area (Å²) in [6.07, 6.45) is 8.67. The third-order valence-electron chi connectivity index (χ3n) is 13.0. The Bertz CT molecular complexity index is 3160. The number of rotatable bonds is 8. The summed E-state index contributed by atoms with van der Waals surface area (Å²) in [4.78, 5) is 51.1. The van der Waals surface area contributed by atoms with Gasteiger partial charge in [-0.05, 0) is 111 Å². The number of H-pyrrole nitrogens is 1. The first kappa shape index (κ1) is 39.7. The van der Waals surface area contributed by atoms with Gasteiger partial charge in [0.15, 0.2) is 5.82 Å². The maximum atomic E-state index is 15.4. The number of ether oxygens (including phenoxy) is 1. The molecule has 2 N–H and O–H groups in total. The van der Waals surface area contributed by atoms with E-state index in [0.717, 1.165) is 23.7 Å². The van der Waals surface area contributed by atoms with Crippen molar-refractivity contribution in [2.24, 2.45) is 5.92 Å². The molecule has 0 bridgehead atoms. The van der Waals surface area contributed by atoms with E-state index >= 15 is 9.18 Å². The van der Waals surface area contributed by atoms with Crippen LogP contribution in [0.3, 0.4) is 0 Å². The molecule has 1 amide bonds. The summed E-state index contributed by atoms with van der Waals surface area (Å²) < 4.78 is 52.5. The van der Waals surface area contributed by atoms with Crippen molar-refractivity contribution >= 4 is 26.5 Å². The maximum Gasteiger partial charge on any atom is 0.438 e. The molecule has 5 aromatic heterocycles. The van der Waals surface area contributed by atoms with Gasteiger partial charge in [0.25, 0.3) is 5.91 Å². The number of aromatic amines is 1. The van der Waals surface area contributed by atoms with Gasteiger partial charge < -0.3 is 14.2 Å². The molecule has 0 unspecified atom stereocenters. The number of amides is 1. The molecule has 7 heterocycles. The number of aryl methyl sites for hydroxylation is 2. The van der Waals surface area contributed by atoms with E-state index in [1.807, 2.05) is 17.6 Å². The quantitative estimate of drug-likeness (QED) is 0.183. The van der Waals surface area contributed by atoms with Crippen molar-refractivity contribution in [1.82, 2.24) is 43.5 Å². The number of hydrogen-bond acceptors (Lipinski definition) is 10. The third-order valence-corrected chi connectivity index (χ3v) is 14.1. The van der Waals surface area contributed by atoms with Crippen molar-refractivity contribution < 1.29 is 22.7 Å². The van der Waals surface area contributed by atoms with Crippen LogP contribution < -0.4 is 11.4 Å². The van der Waals surface area contributed by atoms with Crippen molar-refractivity contribution in [1.29, 1.82) is 4.78 Å². The molecule has 0 spiro atoms. The van der Waals surface area contributed by atoms with Crippen LogP contribution >= 0.6 is 0 Å². The standard InChI is InChI=1S/C44H45FN10O6S/c1-24-18-32(19-25(2)38(24)45)55-39(53-15-14-52(43(53)58)31-7-9-36(47-23-31)62(5,46)59)37-27(4)51(13-10-33(37)49-55)40(56)35-21-30-20-29(28-11-16-60-17-12-28)6-8-34(30)54(35)44(22-26(44)3)41-48-42(57)61-50-41/h6-9,14-15,18-21,23,26-28,46H,10-13,16-17,22H2,1-5H3,(H,48,50,57)/t26-,27-,44-,62-/m0/s1. The van der Waals surface area contributed by atoms with E-state index in [0.29, 0.717) is 89.6 Å². The minimum atomic E-state index is -3.08. The Labute approximate surface area is 354 Å². The normalized spacial score (nSPS) is 21.3. The molecule has 10 rings (SSSR count). The monoisotopic (exact) mass is 860 g/mol. The predicted molar refractivity (Wildman–Crippen MR) is 227 cm³/mol. The number of nitrogens with zero attached hydrogens (tertiary/aromatic N) is 8. The first-order chi connectivity index (χ1) is 29.6. The number of pyridine rings is 1. The molecule has 3 aliphatic rings. The predicted octanol–water partition coefficient (Wildman–Crippen LogP) is 6.07. The van der Waals surface area contributed by atoms with Crippen LogP contribution in [0.5, 0.6) is 0 Å². The summed E-state index contributed by atoms with van der Waals surface area (Å²) in [5, 5.41) is 10.2. The van der Waals surface area contributed by atoms with Crippen LogP contribution in [-0.4, -0.2) is 79.6 Å². The first-order valence-corrected chi connectivity index (χ1v) is 22.6. The number of hydrogen-bond donors (Lipinski definition) is 2. The lowest BCUT2D eigenvalue weighted by Gasteiger charge is -2.34. The zero-order valence-electron chi connectivity index (χ0n) is 34.8. The van der Waals surface area contributed by atoms with Crippen molar-refractivity contribution in [2.45, 2.75) is 75.9 Å². The Morgan fingerprint density at radius 3 is 2.37 bits per heavy atom. The van der Waals surface area contributed by atoms with E-state index < -0.39 is 32.8 Å². The maximum absolute atomic E-state index is 15.4. The van der Waals surface area contributed by atoms with Gasteiger partial charge in [-0.15, -0.1) is 0 Å². The van der Waals surface area contributed by atoms with E-state index in [2.05, 4.69) is 40.2 Å². The van der Waals surface area contributed by atoms with E-state index in [9.17, 15) is 13.8 Å². The molecule has 320 valence electrons. The molecular weight excluding hydrogens is 816 g/mol. The number of benzene rings is 2. The zero-order valence-corrected chi connectivity index (χ0v) is 35.7. The topological polar surface area (TPSA) is 192 Å². The summed E-state index contributed by atoms with van der Waals surface area (Å²) in [7, 11) is -3.08. The number of carbonyl (C=O) groups is 1. The lowest BCUT2D eigenvalue weighted by Crippen LogP contribution is -2.41. The highest BCUT2D eigenvalue weighted by atomic mass is 32.2. The van der Waals surface area contributed by atoms with Gasteiger partial charge >= 0.3 is 11.4 Å². The largest absolute Gasteiger partial charge is 0.438 e. The van der Waals surface area contributed by atoms with Gasteiger partial charge in [-0.3, -0.25) is 23.4 Å². The summed E-state index contributed by atoms with van der Waals surface area (Å²) in [5.41, 5.74) is 4.21. The lowest BCUT2D eigenvalue weighted by atomic mass is 9.91. The number of carbonyl (C=O) groups excluding carboxylic acids is 1. The number of fused-ring (bicyclic) bond motifs is 2. The average Bonchev–Trinajstić information content (AvgIpc) is 3.75. The number of imidazole rings is 1. The molecule has 4 atom stereocenters. The summed E-state index contributed by atoms with van der Waals surface area (Å²) in [5.74, 6) is -0.176. The van der Waals surface area contributed by atoms with Crippen molar-refractivity contribution in [3.63, 3.8) is 0 Å². The van der Waals surface area contributed by atoms with Crippen LogP contribution in [0.25, 0.3) is 28.1 Å². The molecule has 16 nitrogen and oxygen atoms in total. The average molecular weight is 861 g/mol. The van der Waals surface area contributed by atoms with Crippen LogP contribution in [0.1, 0.15) is 89.3 Å². The Kier molecular flexibility index (Phi) is 9.18.